The maximum atomic E-state index is 8.69. The van der Waals surface area contributed by atoms with E-state index in [1.54, 1.807) is 0 Å². The first-order valence-corrected chi connectivity index (χ1v) is 4.74. The minimum absolute atomic E-state index is 0.546. The highest BCUT2D eigenvalue weighted by Crippen LogP contribution is 2.32. The van der Waals surface area contributed by atoms with Crippen molar-refractivity contribution in [3.63, 3.8) is 0 Å². The van der Waals surface area contributed by atoms with Crippen LogP contribution in [0.4, 0.5) is 0 Å². The van der Waals surface area contributed by atoms with E-state index in [4.69, 9.17) is 5.26 Å². The van der Waals surface area contributed by atoms with Crippen molar-refractivity contribution in [3.05, 3.63) is 17.7 Å². The van der Waals surface area contributed by atoms with E-state index in [0.717, 1.165) is 5.82 Å². The van der Waals surface area contributed by atoms with Crippen LogP contribution in [0.2, 0.25) is 0 Å². The van der Waals surface area contributed by atoms with E-state index in [-0.39, 0.29) is 0 Å². The van der Waals surface area contributed by atoms with E-state index in [1.165, 1.54) is 25.7 Å². The van der Waals surface area contributed by atoms with Crippen LogP contribution in [0, 0.1) is 11.3 Å². The molecule has 0 saturated heterocycles. The van der Waals surface area contributed by atoms with E-state index in [9.17, 15) is 0 Å². The molecule has 1 fully saturated rings. The molecule has 0 atom stereocenters. The zero-order chi connectivity index (χ0) is 9.26. The van der Waals surface area contributed by atoms with Gasteiger partial charge in [0.1, 0.15) is 11.9 Å². The summed E-state index contributed by atoms with van der Waals surface area (Å²) in [6.45, 7) is 0. The Bertz CT molecular complexity index is 340. The Morgan fingerprint density at radius 1 is 1.54 bits per heavy atom. The minimum Gasteiger partial charge on any atom is -0.336 e. The van der Waals surface area contributed by atoms with Gasteiger partial charge < -0.3 is 4.57 Å². The average molecular weight is 175 g/mol. The van der Waals surface area contributed by atoms with Gasteiger partial charge in [-0.1, -0.05) is 12.8 Å². The molecule has 1 aliphatic rings. The summed E-state index contributed by atoms with van der Waals surface area (Å²) in [4.78, 5) is 4.31. The number of rotatable bonds is 1. The molecule has 0 aromatic carbocycles. The Morgan fingerprint density at radius 2 is 2.23 bits per heavy atom. The van der Waals surface area contributed by atoms with Crippen molar-refractivity contribution in [2.75, 3.05) is 0 Å². The van der Waals surface area contributed by atoms with Gasteiger partial charge in [-0.25, -0.2) is 4.98 Å². The second kappa shape index (κ2) is 3.21. The van der Waals surface area contributed by atoms with Crippen molar-refractivity contribution in [3.8, 4) is 6.07 Å². The molecule has 1 saturated carbocycles. The fourth-order valence-electron chi connectivity index (χ4n) is 2.10. The molecule has 0 unspecified atom stereocenters. The van der Waals surface area contributed by atoms with E-state index >= 15 is 0 Å². The average Bonchev–Trinajstić information content (AvgIpc) is 2.72. The highest BCUT2D eigenvalue weighted by molar-refractivity contribution is 5.20. The maximum Gasteiger partial charge on any atom is 0.158 e. The molecule has 3 heteroatoms. The third-order valence-corrected chi connectivity index (χ3v) is 2.75. The number of aryl methyl sites for hydroxylation is 1. The maximum absolute atomic E-state index is 8.69. The normalized spacial score (nSPS) is 17.5. The fourth-order valence-corrected chi connectivity index (χ4v) is 2.10. The molecule has 0 bridgehead atoms. The van der Waals surface area contributed by atoms with Gasteiger partial charge in [0.2, 0.25) is 0 Å². The Kier molecular flexibility index (Phi) is 2.05. The largest absolute Gasteiger partial charge is 0.336 e. The predicted molar refractivity (Wildman–Crippen MR) is 49.1 cm³/mol. The Morgan fingerprint density at radius 3 is 2.77 bits per heavy atom. The zero-order valence-corrected chi connectivity index (χ0v) is 7.82. The van der Waals surface area contributed by atoms with Crippen molar-refractivity contribution in [2.24, 2.45) is 7.05 Å². The SMILES string of the molecule is Cn1cc(C#N)nc1C1CCCC1. The van der Waals surface area contributed by atoms with Gasteiger partial charge in [-0.15, -0.1) is 0 Å². The van der Waals surface area contributed by atoms with Crippen LogP contribution in [-0.4, -0.2) is 9.55 Å². The molecule has 1 heterocycles. The van der Waals surface area contributed by atoms with E-state index in [0.29, 0.717) is 11.6 Å². The molecule has 0 aliphatic heterocycles. The van der Waals surface area contributed by atoms with Crippen LogP contribution < -0.4 is 0 Å². The molecule has 68 valence electrons. The number of imidazole rings is 1. The van der Waals surface area contributed by atoms with Crippen molar-refractivity contribution in [1.82, 2.24) is 9.55 Å². The highest BCUT2D eigenvalue weighted by Gasteiger charge is 2.21. The van der Waals surface area contributed by atoms with Crippen LogP contribution >= 0.6 is 0 Å². The van der Waals surface area contributed by atoms with Gasteiger partial charge in [-0.2, -0.15) is 5.26 Å². The fraction of sp³-hybridized carbons (Fsp3) is 0.600. The summed E-state index contributed by atoms with van der Waals surface area (Å²) < 4.78 is 1.99. The number of aromatic nitrogens is 2. The lowest BCUT2D eigenvalue weighted by Gasteiger charge is -2.07. The Balaban J connectivity index is 2.29. The molecule has 1 aromatic rings. The third-order valence-electron chi connectivity index (χ3n) is 2.75. The molecule has 1 aromatic heterocycles. The summed E-state index contributed by atoms with van der Waals surface area (Å²) in [6, 6.07) is 2.08. The first-order chi connectivity index (χ1) is 6.31. The van der Waals surface area contributed by atoms with Gasteiger partial charge in [-0.05, 0) is 12.8 Å². The van der Waals surface area contributed by atoms with E-state index in [1.807, 2.05) is 17.8 Å². The van der Waals surface area contributed by atoms with Gasteiger partial charge in [0.05, 0.1) is 0 Å². The van der Waals surface area contributed by atoms with Crippen LogP contribution in [0.3, 0.4) is 0 Å². The molecule has 2 rings (SSSR count). The Hall–Kier alpha value is -1.30. The number of nitriles is 1. The molecular weight excluding hydrogens is 162 g/mol. The number of hydrogen-bond donors (Lipinski definition) is 0. The van der Waals surface area contributed by atoms with Crippen molar-refractivity contribution >= 4 is 0 Å². The van der Waals surface area contributed by atoms with Gasteiger partial charge in [-0.3, -0.25) is 0 Å². The molecule has 0 spiro atoms. The molecule has 13 heavy (non-hydrogen) atoms. The smallest absolute Gasteiger partial charge is 0.158 e. The second-order valence-corrected chi connectivity index (χ2v) is 3.69. The summed E-state index contributed by atoms with van der Waals surface area (Å²) in [5.41, 5.74) is 0.546. The molecule has 3 nitrogen and oxygen atoms in total. The van der Waals surface area contributed by atoms with Crippen LogP contribution in [0.25, 0.3) is 0 Å². The van der Waals surface area contributed by atoms with Crippen LogP contribution in [0.1, 0.15) is 43.1 Å². The highest BCUT2D eigenvalue weighted by atomic mass is 15.1. The summed E-state index contributed by atoms with van der Waals surface area (Å²) in [7, 11) is 1.97. The Labute approximate surface area is 78.0 Å². The summed E-state index contributed by atoms with van der Waals surface area (Å²) >= 11 is 0. The van der Waals surface area contributed by atoms with Crippen LogP contribution in [0.5, 0.6) is 0 Å². The van der Waals surface area contributed by atoms with Gasteiger partial charge >= 0.3 is 0 Å². The van der Waals surface area contributed by atoms with Crippen molar-refractivity contribution in [2.45, 2.75) is 31.6 Å². The number of hydrogen-bond acceptors (Lipinski definition) is 2. The molecular formula is C10H13N3. The molecule has 0 N–H and O–H groups in total. The first-order valence-electron chi connectivity index (χ1n) is 4.74. The van der Waals surface area contributed by atoms with E-state index in [2.05, 4.69) is 11.1 Å². The van der Waals surface area contributed by atoms with Gasteiger partial charge in [0.25, 0.3) is 0 Å². The lowest BCUT2D eigenvalue weighted by molar-refractivity contribution is 0.632. The first kappa shape index (κ1) is 8.31. The minimum atomic E-state index is 0.546. The lowest BCUT2D eigenvalue weighted by atomic mass is 10.1. The summed E-state index contributed by atoms with van der Waals surface area (Å²) in [5.74, 6) is 1.68. The van der Waals surface area contributed by atoms with Crippen LogP contribution in [0.15, 0.2) is 6.20 Å². The van der Waals surface area contributed by atoms with Crippen molar-refractivity contribution in [1.29, 1.82) is 5.26 Å². The number of nitrogens with zero attached hydrogens (tertiary/aromatic N) is 3. The predicted octanol–water partition coefficient (Wildman–Crippen LogP) is 1.95. The summed E-state index contributed by atoms with van der Waals surface area (Å²) in [5, 5.41) is 8.69. The van der Waals surface area contributed by atoms with Crippen LogP contribution in [-0.2, 0) is 7.05 Å². The topological polar surface area (TPSA) is 41.6 Å². The standard InChI is InChI=1S/C10H13N3/c1-13-7-9(6-11)12-10(13)8-4-2-3-5-8/h7-8H,2-5H2,1H3. The summed E-state index contributed by atoms with van der Waals surface area (Å²) in [6.07, 6.45) is 6.89. The van der Waals surface area contributed by atoms with Gasteiger partial charge in [0, 0.05) is 19.2 Å². The van der Waals surface area contributed by atoms with E-state index < -0.39 is 0 Å². The zero-order valence-electron chi connectivity index (χ0n) is 7.82. The molecule has 0 amide bonds. The third kappa shape index (κ3) is 1.44. The van der Waals surface area contributed by atoms with Crippen molar-refractivity contribution < 1.29 is 0 Å². The molecule has 1 aliphatic carbocycles. The molecule has 0 radical (unpaired) electrons. The second-order valence-electron chi connectivity index (χ2n) is 3.69. The quantitative estimate of drug-likeness (QED) is 0.654. The lowest BCUT2D eigenvalue weighted by Crippen LogP contribution is -2.01. The van der Waals surface area contributed by atoms with Gasteiger partial charge in [0.15, 0.2) is 5.69 Å². The monoisotopic (exact) mass is 175 g/mol.